The fourth-order valence-electron chi connectivity index (χ4n) is 4.15. The van der Waals surface area contributed by atoms with Crippen molar-refractivity contribution in [2.75, 3.05) is 10.8 Å². The predicted molar refractivity (Wildman–Crippen MR) is 156 cm³/mol. The van der Waals surface area contributed by atoms with Crippen molar-refractivity contribution in [3.8, 4) is 0 Å². The van der Waals surface area contributed by atoms with Crippen molar-refractivity contribution in [1.82, 2.24) is 10.2 Å². The molecule has 1 atom stereocenters. The van der Waals surface area contributed by atoms with E-state index < -0.39 is 51.7 Å². The molecule has 0 aromatic heterocycles. The molecular weight excluding hydrogens is 567 g/mol. The molecule has 42 heavy (non-hydrogen) atoms. The van der Waals surface area contributed by atoms with Gasteiger partial charge in [0.15, 0.2) is 0 Å². The second-order valence-electron chi connectivity index (χ2n) is 11.3. The fraction of sp³-hybridized carbons (Fsp3) is 0.355. The lowest BCUT2D eigenvalue weighted by Gasteiger charge is -2.33. The van der Waals surface area contributed by atoms with Gasteiger partial charge in [-0.2, -0.15) is 13.2 Å². The van der Waals surface area contributed by atoms with Gasteiger partial charge in [0.2, 0.25) is 11.8 Å². The Hall–Kier alpha value is -3.86. The smallest absolute Gasteiger partial charge is 0.350 e. The maximum Gasteiger partial charge on any atom is 0.416 e. The third kappa shape index (κ3) is 8.34. The van der Waals surface area contributed by atoms with E-state index in [-0.39, 0.29) is 17.1 Å². The minimum atomic E-state index is -4.74. The fourth-order valence-corrected chi connectivity index (χ4v) is 5.56. The van der Waals surface area contributed by atoms with Crippen LogP contribution in [0.3, 0.4) is 0 Å². The molecular formula is C31H36F3N3O4S. The van der Waals surface area contributed by atoms with E-state index in [2.05, 4.69) is 5.32 Å². The number of halogens is 3. The van der Waals surface area contributed by atoms with E-state index in [0.29, 0.717) is 15.9 Å². The molecule has 0 saturated heterocycles. The van der Waals surface area contributed by atoms with Crippen LogP contribution in [0.1, 0.15) is 49.9 Å². The molecule has 3 rings (SSSR count). The molecule has 7 nitrogen and oxygen atoms in total. The number of amides is 2. The number of hydrogen-bond donors (Lipinski definition) is 1. The molecule has 226 valence electrons. The number of carbonyl (C=O) groups excluding carboxylic acids is 2. The highest BCUT2D eigenvalue weighted by Crippen LogP contribution is 2.33. The summed E-state index contributed by atoms with van der Waals surface area (Å²) < 4.78 is 69.1. The third-order valence-corrected chi connectivity index (χ3v) is 8.28. The average molecular weight is 604 g/mol. The van der Waals surface area contributed by atoms with Crippen molar-refractivity contribution in [2.45, 2.75) is 70.7 Å². The molecule has 0 spiro atoms. The first-order valence-electron chi connectivity index (χ1n) is 13.3. The molecule has 1 N–H and O–H groups in total. The van der Waals surface area contributed by atoms with Crippen LogP contribution >= 0.6 is 0 Å². The molecule has 0 aliphatic rings. The van der Waals surface area contributed by atoms with E-state index in [1.54, 1.807) is 52.0 Å². The Bertz CT molecular complexity index is 1510. The van der Waals surface area contributed by atoms with Gasteiger partial charge >= 0.3 is 6.18 Å². The molecule has 0 fully saturated rings. The minimum Gasteiger partial charge on any atom is -0.350 e. The molecule has 3 aromatic carbocycles. The predicted octanol–water partition coefficient (Wildman–Crippen LogP) is 5.85. The minimum absolute atomic E-state index is 0.0289. The lowest BCUT2D eigenvalue weighted by atomic mass is 10.1. The van der Waals surface area contributed by atoms with Gasteiger partial charge < -0.3 is 10.2 Å². The maximum atomic E-state index is 13.9. The summed E-state index contributed by atoms with van der Waals surface area (Å²) >= 11 is 0. The van der Waals surface area contributed by atoms with Gasteiger partial charge in [-0.05, 0) is 77.4 Å². The van der Waals surface area contributed by atoms with Gasteiger partial charge in [-0.25, -0.2) is 8.42 Å². The number of hydrogen-bond acceptors (Lipinski definition) is 4. The van der Waals surface area contributed by atoms with E-state index >= 15 is 0 Å². The van der Waals surface area contributed by atoms with E-state index in [4.69, 9.17) is 0 Å². The largest absolute Gasteiger partial charge is 0.416 e. The van der Waals surface area contributed by atoms with Crippen LogP contribution < -0.4 is 9.62 Å². The normalized spacial score (nSPS) is 12.9. The summed E-state index contributed by atoms with van der Waals surface area (Å²) in [5.41, 5.74) is 0.444. The highest BCUT2D eigenvalue weighted by molar-refractivity contribution is 7.92. The summed E-state index contributed by atoms with van der Waals surface area (Å²) in [6, 6.07) is 15.8. The zero-order valence-electron chi connectivity index (χ0n) is 24.5. The van der Waals surface area contributed by atoms with Crippen molar-refractivity contribution in [2.24, 2.45) is 0 Å². The standard InChI is InChI=1S/C31H36F3N3O4S/c1-21-10-14-24(15-11-21)19-36(23(3)29(39)35-30(4,5)6)28(38)20-37(26-9-7-8-25(18-26)31(32,33)34)42(40,41)27-16-12-22(2)13-17-27/h7-18,23H,19-20H2,1-6H3,(H,35,39)/t23-/m1/s1. The molecule has 0 bridgehead atoms. The molecule has 0 saturated carbocycles. The number of sulfonamides is 1. The van der Waals surface area contributed by atoms with Gasteiger partial charge in [0, 0.05) is 12.1 Å². The van der Waals surface area contributed by atoms with Crippen LogP contribution in [0.2, 0.25) is 0 Å². The summed E-state index contributed by atoms with van der Waals surface area (Å²) in [4.78, 5) is 28.1. The van der Waals surface area contributed by atoms with Crippen LogP contribution in [0.5, 0.6) is 0 Å². The number of aryl methyl sites for hydroxylation is 2. The lowest BCUT2D eigenvalue weighted by Crippen LogP contribution is -2.54. The van der Waals surface area contributed by atoms with Crippen molar-refractivity contribution in [3.05, 3.63) is 95.1 Å². The Morgan fingerprint density at radius 3 is 1.95 bits per heavy atom. The number of rotatable bonds is 9. The quantitative estimate of drug-likeness (QED) is 0.333. The van der Waals surface area contributed by atoms with Gasteiger partial charge in [-0.1, -0.05) is 53.6 Å². The monoisotopic (exact) mass is 603 g/mol. The van der Waals surface area contributed by atoms with E-state index in [9.17, 15) is 31.2 Å². The van der Waals surface area contributed by atoms with Crippen molar-refractivity contribution in [3.63, 3.8) is 0 Å². The van der Waals surface area contributed by atoms with E-state index in [1.165, 1.54) is 30.0 Å². The lowest BCUT2D eigenvalue weighted by molar-refractivity contribution is -0.140. The topological polar surface area (TPSA) is 86.8 Å². The molecule has 3 aromatic rings. The summed E-state index contributed by atoms with van der Waals surface area (Å²) in [6.07, 6.45) is -4.74. The number of nitrogens with one attached hydrogen (secondary N) is 1. The Morgan fingerprint density at radius 2 is 1.43 bits per heavy atom. The third-order valence-electron chi connectivity index (χ3n) is 6.49. The summed E-state index contributed by atoms with van der Waals surface area (Å²) in [7, 11) is -4.50. The molecule has 0 aliphatic carbocycles. The van der Waals surface area contributed by atoms with Crippen molar-refractivity contribution < 1.29 is 31.2 Å². The summed E-state index contributed by atoms with van der Waals surface area (Å²) in [5, 5.41) is 2.83. The van der Waals surface area contributed by atoms with Crippen molar-refractivity contribution >= 4 is 27.5 Å². The molecule has 0 heterocycles. The van der Waals surface area contributed by atoms with Gasteiger partial charge in [-0.15, -0.1) is 0 Å². The number of alkyl halides is 3. The van der Waals surface area contributed by atoms with Gasteiger partial charge in [0.05, 0.1) is 16.1 Å². The van der Waals surface area contributed by atoms with Crippen LogP contribution in [0.25, 0.3) is 0 Å². The number of nitrogens with zero attached hydrogens (tertiary/aromatic N) is 2. The van der Waals surface area contributed by atoms with Crippen LogP contribution in [-0.2, 0) is 32.3 Å². The zero-order chi connectivity index (χ0) is 31.5. The zero-order valence-corrected chi connectivity index (χ0v) is 25.3. The Balaban J connectivity index is 2.10. The SMILES string of the molecule is Cc1ccc(CN(C(=O)CN(c2cccc(C(F)(F)F)c2)S(=O)(=O)c2ccc(C)cc2)[C@H](C)C(=O)NC(C)(C)C)cc1. The molecule has 0 unspecified atom stereocenters. The van der Waals surface area contributed by atoms with Crippen LogP contribution in [0.4, 0.5) is 18.9 Å². The first-order valence-corrected chi connectivity index (χ1v) is 14.8. The maximum absolute atomic E-state index is 13.9. The van der Waals surface area contributed by atoms with Gasteiger partial charge in [0.1, 0.15) is 12.6 Å². The van der Waals surface area contributed by atoms with E-state index in [1.807, 2.05) is 19.1 Å². The number of anilines is 1. The molecule has 0 radical (unpaired) electrons. The molecule has 11 heteroatoms. The average Bonchev–Trinajstić information content (AvgIpc) is 2.89. The van der Waals surface area contributed by atoms with Crippen LogP contribution in [-0.4, -0.2) is 43.3 Å². The Kier molecular flexibility index (Phi) is 9.77. The molecule has 0 aliphatic heterocycles. The summed E-state index contributed by atoms with van der Waals surface area (Å²) in [6.45, 7) is 9.67. The Morgan fingerprint density at radius 1 is 0.881 bits per heavy atom. The number of benzene rings is 3. The molecule has 2 amide bonds. The van der Waals surface area contributed by atoms with Gasteiger partial charge in [0.25, 0.3) is 10.0 Å². The second kappa shape index (κ2) is 12.6. The van der Waals surface area contributed by atoms with Crippen LogP contribution in [0.15, 0.2) is 77.7 Å². The highest BCUT2D eigenvalue weighted by atomic mass is 32.2. The first-order chi connectivity index (χ1) is 19.4. The highest BCUT2D eigenvalue weighted by Gasteiger charge is 2.35. The van der Waals surface area contributed by atoms with E-state index in [0.717, 1.165) is 23.3 Å². The van der Waals surface area contributed by atoms with Gasteiger partial charge in [-0.3, -0.25) is 13.9 Å². The number of carbonyl (C=O) groups is 2. The van der Waals surface area contributed by atoms with Crippen molar-refractivity contribution in [1.29, 1.82) is 0 Å². The Labute approximate surface area is 245 Å². The first kappa shape index (κ1) is 32.7. The summed E-state index contributed by atoms with van der Waals surface area (Å²) in [5.74, 6) is -1.23. The second-order valence-corrected chi connectivity index (χ2v) is 13.2. The van der Waals surface area contributed by atoms with Crippen LogP contribution in [0, 0.1) is 13.8 Å².